The average Bonchev–Trinajstić information content (AvgIpc) is 2.24. The van der Waals surface area contributed by atoms with Gasteiger partial charge in [0, 0.05) is 6.20 Å². The van der Waals surface area contributed by atoms with Crippen molar-refractivity contribution in [3.63, 3.8) is 0 Å². The van der Waals surface area contributed by atoms with Crippen LogP contribution in [0.2, 0.25) is 0 Å². The molecule has 6 heteroatoms. The van der Waals surface area contributed by atoms with Gasteiger partial charge in [-0.15, -0.1) is 0 Å². The van der Waals surface area contributed by atoms with Gasteiger partial charge in [0.25, 0.3) is 0 Å². The van der Waals surface area contributed by atoms with Gasteiger partial charge in [-0.05, 0) is 35.5 Å². The first-order valence-electron chi connectivity index (χ1n) is 4.54. The van der Waals surface area contributed by atoms with E-state index in [2.05, 4.69) is 0 Å². The molecule has 0 radical (unpaired) electrons. The number of halogens is 2. The van der Waals surface area contributed by atoms with Crippen LogP contribution in [-0.2, 0) is 0 Å². The highest BCUT2D eigenvalue weighted by molar-refractivity contribution is 5.89. The van der Waals surface area contributed by atoms with Gasteiger partial charge >= 0.3 is 5.97 Å². The second-order valence-electron chi connectivity index (χ2n) is 3.10. The predicted octanol–water partition coefficient (Wildman–Crippen LogP) is 1.44. The average molecular weight is 240 g/mol. The Morgan fingerprint density at radius 2 is 1.76 bits per heavy atom. The molecule has 5 N–H and O–H groups in total. The first-order valence-corrected chi connectivity index (χ1v) is 4.54. The SMILES string of the molecule is N/C=C\C(=C/N)c1cc(F)c(C(=O)O)c(F)c1. The van der Waals surface area contributed by atoms with Crippen molar-refractivity contribution in [3.05, 3.63) is 53.4 Å². The van der Waals surface area contributed by atoms with E-state index in [4.69, 9.17) is 16.6 Å². The van der Waals surface area contributed by atoms with Gasteiger partial charge in [-0.1, -0.05) is 0 Å². The van der Waals surface area contributed by atoms with Gasteiger partial charge in [-0.3, -0.25) is 0 Å². The molecule has 90 valence electrons. The van der Waals surface area contributed by atoms with Crippen LogP contribution in [0.4, 0.5) is 8.78 Å². The molecule has 0 aliphatic heterocycles. The normalized spacial score (nSPS) is 12.0. The number of carboxylic acids is 1. The first-order chi connectivity index (χ1) is 8.01. The van der Waals surface area contributed by atoms with Crippen LogP contribution in [-0.4, -0.2) is 11.1 Å². The minimum atomic E-state index is -1.67. The maximum atomic E-state index is 13.4. The molecule has 17 heavy (non-hydrogen) atoms. The van der Waals surface area contributed by atoms with Crippen molar-refractivity contribution in [3.8, 4) is 0 Å². The third kappa shape index (κ3) is 2.60. The van der Waals surface area contributed by atoms with Gasteiger partial charge in [0.2, 0.25) is 0 Å². The summed E-state index contributed by atoms with van der Waals surface area (Å²) in [5.41, 5.74) is 9.78. The number of hydrogen-bond donors (Lipinski definition) is 3. The lowest BCUT2D eigenvalue weighted by atomic mass is 10.0. The highest BCUT2D eigenvalue weighted by Crippen LogP contribution is 2.21. The van der Waals surface area contributed by atoms with Crippen LogP contribution in [0.25, 0.3) is 5.57 Å². The molecule has 0 aliphatic rings. The quantitative estimate of drug-likeness (QED) is 0.697. The summed E-state index contributed by atoms with van der Waals surface area (Å²) < 4.78 is 26.7. The fourth-order valence-corrected chi connectivity index (χ4v) is 1.30. The van der Waals surface area contributed by atoms with Crippen molar-refractivity contribution < 1.29 is 18.7 Å². The largest absolute Gasteiger partial charge is 0.477 e. The van der Waals surface area contributed by atoms with Crippen molar-refractivity contribution in [1.29, 1.82) is 0 Å². The summed E-state index contributed by atoms with van der Waals surface area (Å²) in [6.07, 6.45) is 3.60. The van der Waals surface area contributed by atoms with Crippen molar-refractivity contribution in [2.45, 2.75) is 0 Å². The standard InChI is InChI=1S/C11H10F2N2O2/c12-8-3-7(6(5-15)1-2-14)4-9(13)10(8)11(16)17/h1-5H,14-15H2,(H,16,17)/b2-1-,6-5+. The number of carboxylic acid groups (broad SMARTS) is 1. The van der Waals surface area contributed by atoms with Crippen LogP contribution in [0.3, 0.4) is 0 Å². The van der Waals surface area contributed by atoms with Crippen LogP contribution < -0.4 is 11.5 Å². The zero-order valence-electron chi connectivity index (χ0n) is 8.65. The lowest BCUT2D eigenvalue weighted by Gasteiger charge is -2.05. The molecule has 1 rings (SSSR count). The van der Waals surface area contributed by atoms with Crippen molar-refractivity contribution in [2.24, 2.45) is 11.5 Å². The van der Waals surface area contributed by atoms with Crippen molar-refractivity contribution in [2.75, 3.05) is 0 Å². The van der Waals surface area contributed by atoms with E-state index >= 15 is 0 Å². The molecule has 0 saturated heterocycles. The number of hydrogen-bond acceptors (Lipinski definition) is 3. The van der Waals surface area contributed by atoms with Gasteiger partial charge in [0.05, 0.1) is 0 Å². The highest BCUT2D eigenvalue weighted by atomic mass is 19.1. The van der Waals surface area contributed by atoms with E-state index in [9.17, 15) is 13.6 Å². The Morgan fingerprint density at radius 3 is 2.12 bits per heavy atom. The molecule has 0 bridgehead atoms. The van der Waals surface area contributed by atoms with Crippen LogP contribution in [0.5, 0.6) is 0 Å². The smallest absolute Gasteiger partial charge is 0.341 e. The van der Waals surface area contributed by atoms with Crippen molar-refractivity contribution in [1.82, 2.24) is 0 Å². The molecular formula is C11H10F2N2O2. The monoisotopic (exact) mass is 240 g/mol. The Balaban J connectivity index is 3.37. The first kappa shape index (κ1) is 12.7. The molecule has 0 saturated carbocycles. The van der Waals surface area contributed by atoms with E-state index in [1.165, 1.54) is 6.08 Å². The molecule has 0 heterocycles. The lowest BCUT2D eigenvalue weighted by molar-refractivity contribution is 0.0686. The fourth-order valence-electron chi connectivity index (χ4n) is 1.30. The molecule has 0 spiro atoms. The number of rotatable bonds is 3. The van der Waals surface area contributed by atoms with Crippen LogP contribution in [0, 0.1) is 11.6 Å². The Labute approximate surface area is 95.8 Å². The number of carbonyl (C=O) groups is 1. The number of allylic oxidation sites excluding steroid dienone is 2. The molecule has 0 atom stereocenters. The van der Waals surface area contributed by atoms with E-state index in [0.717, 1.165) is 24.5 Å². The predicted molar refractivity (Wildman–Crippen MR) is 58.8 cm³/mol. The number of aromatic carboxylic acids is 1. The fraction of sp³-hybridized carbons (Fsp3) is 0. The van der Waals surface area contributed by atoms with E-state index in [1.807, 2.05) is 0 Å². The summed E-state index contributed by atoms with van der Waals surface area (Å²) in [4.78, 5) is 10.6. The molecule has 4 nitrogen and oxygen atoms in total. The lowest BCUT2D eigenvalue weighted by Crippen LogP contribution is -2.05. The summed E-state index contributed by atoms with van der Waals surface area (Å²) in [6, 6.07) is 1.76. The number of benzene rings is 1. The Kier molecular flexibility index (Phi) is 3.82. The summed E-state index contributed by atoms with van der Waals surface area (Å²) in [6.45, 7) is 0. The summed E-state index contributed by atoms with van der Waals surface area (Å²) >= 11 is 0. The molecule has 1 aromatic carbocycles. The second kappa shape index (κ2) is 5.11. The minimum absolute atomic E-state index is 0.106. The van der Waals surface area contributed by atoms with Gasteiger partial charge in [0.1, 0.15) is 17.2 Å². The summed E-state index contributed by atoms with van der Waals surface area (Å²) in [7, 11) is 0. The molecule has 0 unspecified atom stereocenters. The van der Waals surface area contributed by atoms with E-state index in [1.54, 1.807) is 0 Å². The van der Waals surface area contributed by atoms with E-state index < -0.39 is 23.2 Å². The maximum Gasteiger partial charge on any atom is 0.341 e. The topological polar surface area (TPSA) is 89.3 Å². The van der Waals surface area contributed by atoms with Crippen LogP contribution >= 0.6 is 0 Å². The Morgan fingerprint density at radius 1 is 1.24 bits per heavy atom. The summed E-state index contributed by atoms with van der Waals surface area (Å²) in [5.74, 6) is -4.01. The Bertz CT molecular complexity index is 487. The van der Waals surface area contributed by atoms with Gasteiger partial charge < -0.3 is 16.6 Å². The molecule has 0 aromatic heterocycles. The molecule has 0 fully saturated rings. The molecule has 0 amide bonds. The molecular weight excluding hydrogens is 230 g/mol. The molecule has 1 aromatic rings. The van der Waals surface area contributed by atoms with Gasteiger partial charge in [0.15, 0.2) is 0 Å². The van der Waals surface area contributed by atoms with Gasteiger partial charge in [-0.25, -0.2) is 13.6 Å². The van der Waals surface area contributed by atoms with Gasteiger partial charge in [-0.2, -0.15) is 0 Å². The van der Waals surface area contributed by atoms with Crippen molar-refractivity contribution >= 4 is 11.5 Å². The maximum absolute atomic E-state index is 13.4. The van der Waals surface area contributed by atoms with Crippen LogP contribution in [0.15, 0.2) is 30.6 Å². The minimum Gasteiger partial charge on any atom is -0.477 e. The van der Waals surface area contributed by atoms with Crippen LogP contribution in [0.1, 0.15) is 15.9 Å². The summed E-state index contributed by atoms with van der Waals surface area (Å²) in [5, 5.41) is 8.58. The third-order valence-electron chi connectivity index (χ3n) is 2.04. The zero-order chi connectivity index (χ0) is 13.0. The Hall–Kier alpha value is -2.37. The van der Waals surface area contributed by atoms with E-state index in [-0.39, 0.29) is 11.1 Å². The highest BCUT2D eigenvalue weighted by Gasteiger charge is 2.18. The number of nitrogens with two attached hydrogens (primary N) is 2. The molecule has 0 aliphatic carbocycles. The zero-order valence-corrected chi connectivity index (χ0v) is 8.65. The third-order valence-corrected chi connectivity index (χ3v) is 2.04. The van der Waals surface area contributed by atoms with E-state index in [0.29, 0.717) is 0 Å². The second-order valence-corrected chi connectivity index (χ2v) is 3.10.